The van der Waals surface area contributed by atoms with Crippen LogP contribution in [0.1, 0.15) is 44.0 Å². The van der Waals surface area contributed by atoms with Crippen LogP contribution in [0.25, 0.3) is 0 Å². The van der Waals surface area contributed by atoms with Crippen molar-refractivity contribution in [1.29, 1.82) is 0 Å². The number of aromatic nitrogens is 2. The molecule has 1 aliphatic carbocycles. The first-order valence-corrected chi connectivity index (χ1v) is 7.36. The van der Waals surface area contributed by atoms with Crippen LogP contribution >= 0.6 is 12.2 Å². The highest BCUT2D eigenvalue weighted by molar-refractivity contribution is 7.80. The van der Waals surface area contributed by atoms with Gasteiger partial charge in [-0.15, -0.1) is 0 Å². The van der Waals surface area contributed by atoms with Crippen LogP contribution in [-0.4, -0.2) is 21.5 Å². The molecular weight excluding hydrogens is 256 g/mol. The van der Waals surface area contributed by atoms with Gasteiger partial charge >= 0.3 is 0 Å². The lowest BCUT2D eigenvalue weighted by Gasteiger charge is -2.28. The molecule has 1 aliphatic rings. The smallest absolute Gasteiger partial charge is 0.223 e. The van der Waals surface area contributed by atoms with Crippen molar-refractivity contribution in [3.05, 3.63) is 17.5 Å². The minimum atomic E-state index is 0.319. The number of nitrogens with two attached hydrogens (primary N) is 1. The first-order chi connectivity index (χ1) is 9.06. The molecule has 0 bridgehead atoms. The minimum absolute atomic E-state index is 0.319. The van der Waals surface area contributed by atoms with Crippen molar-refractivity contribution in [1.82, 2.24) is 9.97 Å². The lowest BCUT2D eigenvalue weighted by atomic mass is 9.80. The molecule has 104 valence electrons. The third kappa shape index (κ3) is 3.86. The molecule has 5 heteroatoms. The largest absolute Gasteiger partial charge is 0.388 e. The lowest BCUT2D eigenvalue weighted by molar-refractivity contribution is 0.268. The van der Waals surface area contributed by atoms with Crippen molar-refractivity contribution in [3.8, 4) is 0 Å². The molecule has 3 N–H and O–H groups in total. The van der Waals surface area contributed by atoms with E-state index in [4.69, 9.17) is 18.0 Å². The van der Waals surface area contributed by atoms with Gasteiger partial charge in [-0.1, -0.05) is 38.4 Å². The maximum Gasteiger partial charge on any atom is 0.223 e. The van der Waals surface area contributed by atoms with Crippen LogP contribution in [0, 0.1) is 18.8 Å². The number of thiocarbonyl (C=S) groups is 1. The van der Waals surface area contributed by atoms with Crippen LogP contribution in [0.5, 0.6) is 0 Å². The van der Waals surface area contributed by atoms with Crippen LogP contribution in [0.4, 0.5) is 5.95 Å². The summed E-state index contributed by atoms with van der Waals surface area (Å²) in [5, 5.41) is 3.34. The molecule has 1 heterocycles. The SMILES string of the molecule is Cc1cc(C(N)=S)nc(NCC2CCCCC2C)n1. The van der Waals surface area contributed by atoms with E-state index in [1.54, 1.807) is 0 Å². The van der Waals surface area contributed by atoms with Crippen LogP contribution in [0.3, 0.4) is 0 Å². The number of hydrogen-bond donors (Lipinski definition) is 2. The minimum Gasteiger partial charge on any atom is -0.388 e. The van der Waals surface area contributed by atoms with E-state index in [1.165, 1.54) is 25.7 Å². The Morgan fingerprint density at radius 3 is 2.84 bits per heavy atom. The van der Waals surface area contributed by atoms with Gasteiger partial charge in [-0.3, -0.25) is 0 Å². The van der Waals surface area contributed by atoms with Crippen molar-refractivity contribution in [2.24, 2.45) is 17.6 Å². The molecule has 4 nitrogen and oxygen atoms in total. The summed E-state index contributed by atoms with van der Waals surface area (Å²) in [4.78, 5) is 9.06. The standard InChI is InChI=1S/C14H22N4S/c1-9-5-3-4-6-11(9)8-16-14-17-10(2)7-12(18-14)13(15)19/h7,9,11H,3-6,8H2,1-2H3,(H2,15,19)(H,16,17,18). The van der Waals surface area contributed by atoms with Crippen LogP contribution in [-0.2, 0) is 0 Å². The molecule has 0 radical (unpaired) electrons. The van der Waals surface area contributed by atoms with Gasteiger partial charge in [0, 0.05) is 12.2 Å². The molecule has 0 amide bonds. The molecule has 0 aliphatic heterocycles. The molecule has 0 aromatic carbocycles. The normalized spacial score (nSPS) is 23.1. The van der Waals surface area contributed by atoms with Gasteiger partial charge in [-0.05, 0) is 31.2 Å². The first kappa shape index (κ1) is 14.2. The fourth-order valence-electron chi connectivity index (χ4n) is 2.69. The molecule has 0 saturated heterocycles. The average Bonchev–Trinajstić information content (AvgIpc) is 2.37. The Bertz CT molecular complexity index is 461. The molecule has 19 heavy (non-hydrogen) atoms. The summed E-state index contributed by atoms with van der Waals surface area (Å²) in [5.41, 5.74) is 7.15. The second-order valence-electron chi connectivity index (χ2n) is 5.49. The number of anilines is 1. The van der Waals surface area contributed by atoms with Gasteiger partial charge in [0.15, 0.2) is 0 Å². The quantitative estimate of drug-likeness (QED) is 0.829. The van der Waals surface area contributed by atoms with Crippen molar-refractivity contribution < 1.29 is 0 Å². The van der Waals surface area contributed by atoms with Crippen LogP contribution in [0.2, 0.25) is 0 Å². The summed E-state index contributed by atoms with van der Waals surface area (Å²) in [6.45, 7) is 5.20. The van der Waals surface area contributed by atoms with Crippen LogP contribution < -0.4 is 11.1 Å². The van der Waals surface area contributed by atoms with Crippen molar-refractivity contribution in [2.45, 2.75) is 39.5 Å². The lowest BCUT2D eigenvalue weighted by Crippen LogP contribution is -2.25. The van der Waals surface area contributed by atoms with E-state index in [9.17, 15) is 0 Å². The summed E-state index contributed by atoms with van der Waals surface area (Å²) >= 11 is 4.97. The number of aryl methyl sites for hydroxylation is 1. The summed E-state index contributed by atoms with van der Waals surface area (Å²) < 4.78 is 0. The van der Waals surface area contributed by atoms with Gasteiger partial charge in [0.25, 0.3) is 0 Å². The predicted octanol–water partition coefficient (Wildman–Crippen LogP) is 2.66. The molecule has 0 spiro atoms. The van der Waals surface area contributed by atoms with Crippen molar-refractivity contribution in [3.63, 3.8) is 0 Å². The second-order valence-corrected chi connectivity index (χ2v) is 5.92. The number of nitrogens with one attached hydrogen (secondary N) is 1. The van der Waals surface area contributed by atoms with Crippen molar-refractivity contribution in [2.75, 3.05) is 11.9 Å². The third-order valence-electron chi connectivity index (χ3n) is 3.92. The zero-order valence-electron chi connectivity index (χ0n) is 11.6. The molecular formula is C14H22N4S. The third-order valence-corrected chi connectivity index (χ3v) is 4.13. The topological polar surface area (TPSA) is 63.8 Å². The van der Waals surface area contributed by atoms with Gasteiger partial charge in [0.2, 0.25) is 5.95 Å². The Morgan fingerprint density at radius 2 is 2.16 bits per heavy atom. The number of rotatable bonds is 4. The fourth-order valence-corrected chi connectivity index (χ4v) is 2.80. The van der Waals surface area contributed by atoms with Crippen molar-refractivity contribution >= 4 is 23.2 Å². The maximum absolute atomic E-state index is 5.63. The number of hydrogen-bond acceptors (Lipinski definition) is 4. The summed E-state index contributed by atoms with van der Waals surface area (Å²) in [6.07, 6.45) is 5.33. The monoisotopic (exact) mass is 278 g/mol. The van der Waals surface area contributed by atoms with Gasteiger partial charge in [-0.25, -0.2) is 9.97 Å². The highest BCUT2D eigenvalue weighted by Crippen LogP contribution is 2.29. The van der Waals surface area contributed by atoms with E-state index < -0.39 is 0 Å². The summed E-state index contributed by atoms with van der Waals surface area (Å²) in [7, 11) is 0. The van der Waals surface area contributed by atoms with E-state index in [2.05, 4.69) is 22.2 Å². The number of nitrogens with zero attached hydrogens (tertiary/aromatic N) is 2. The second kappa shape index (κ2) is 6.28. The van der Waals surface area contributed by atoms with Gasteiger partial charge in [-0.2, -0.15) is 0 Å². The summed E-state index contributed by atoms with van der Waals surface area (Å²) in [5.74, 6) is 2.13. The highest BCUT2D eigenvalue weighted by atomic mass is 32.1. The maximum atomic E-state index is 5.63. The van der Waals surface area contributed by atoms with E-state index in [0.29, 0.717) is 22.5 Å². The first-order valence-electron chi connectivity index (χ1n) is 6.95. The van der Waals surface area contributed by atoms with E-state index in [0.717, 1.165) is 18.2 Å². The highest BCUT2D eigenvalue weighted by Gasteiger charge is 2.21. The van der Waals surface area contributed by atoms with E-state index >= 15 is 0 Å². The predicted molar refractivity (Wildman–Crippen MR) is 82.3 cm³/mol. The van der Waals surface area contributed by atoms with Gasteiger partial charge in [0.05, 0.1) is 0 Å². The molecule has 1 fully saturated rings. The van der Waals surface area contributed by atoms with Crippen LogP contribution in [0.15, 0.2) is 6.07 Å². The molecule has 2 atom stereocenters. The molecule has 1 saturated carbocycles. The fraction of sp³-hybridized carbons (Fsp3) is 0.643. The summed E-state index contributed by atoms with van der Waals surface area (Å²) in [6, 6.07) is 1.82. The Kier molecular flexibility index (Phi) is 4.69. The average molecular weight is 278 g/mol. The zero-order valence-corrected chi connectivity index (χ0v) is 12.5. The Hall–Kier alpha value is -1.23. The van der Waals surface area contributed by atoms with Gasteiger partial charge < -0.3 is 11.1 Å². The zero-order chi connectivity index (χ0) is 13.8. The van der Waals surface area contributed by atoms with E-state index in [-0.39, 0.29) is 0 Å². The van der Waals surface area contributed by atoms with E-state index in [1.807, 2.05) is 13.0 Å². The molecule has 1 aromatic heterocycles. The Morgan fingerprint density at radius 1 is 1.42 bits per heavy atom. The molecule has 2 rings (SSSR count). The van der Waals surface area contributed by atoms with Gasteiger partial charge in [0.1, 0.15) is 10.7 Å². The molecule has 2 unspecified atom stereocenters. The Labute approximate surface area is 120 Å². The molecule has 1 aromatic rings. The Balaban J connectivity index is 2.00.